The van der Waals surface area contributed by atoms with E-state index < -0.39 is 11.7 Å². The Morgan fingerprint density at radius 2 is 1.80 bits per heavy atom. The molecule has 20 heavy (non-hydrogen) atoms. The predicted molar refractivity (Wildman–Crippen MR) is 71.2 cm³/mol. The Balaban J connectivity index is 3.33. The first-order chi connectivity index (χ1) is 9.30. The third-order valence-corrected chi connectivity index (χ3v) is 3.24. The van der Waals surface area contributed by atoms with E-state index in [1.54, 1.807) is 0 Å². The van der Waals surface area contributed by atoms with Crippen LogP contribution >= 0.6 is 0 Å². The number of ether oxygens (including phenoxy) is 2. The fourth-order valence-electron chi connectivity index (χ4n) is 1.93. The summed E-state index contributed by atoms with van der Waals surface area (Å²) in [6, 6.07) is 4.33. The lowest BCUT2D eigenvalue weighted by Crippen LogP contribution is -2.52. The molecule has 0 radical (unpaired) electrons. The fraction of sp³-hybridized carbons (Fsp3) is 0.571. The Bertz CT molecular complexity index is 449. The minimum atomic E-state index is -4.44. The van der Waals surface area contributed by atoms with E-state index in [4.69, 9.17) is 9.47 Å². The van der Waals surface area contributed by atoms with Crippen LogP contribution in [-0.2, 0) is 5.54 Å². The minimum absolute atomic E-state index is 0.0433. The first kappa shape index (κ1) is 16.6. The summed E-state index contributed by atoms with van der Waals surface area (Å²) in [6.45, 7) is 3.19. The van der Waals surface area contributed by atoms with Crippen LogP contribution in [-0.4, -0.2) is 26.9 Å². The van der Waals surface area contributed by atoms with Crippen molar-refractivity contribution >= 4 is 0 Å². The molecule has 0 amide bonds. The third-order valence-electron chi connectivity index (χ3n) is 3.24. The SMILES string of the molecule is CCCNC(C)(c1ccc(OC)cc1OC)C(F)(F)F. The molecule has 1 atom stereocenters. The van der Waals surface area contributed by atoms with Crippen molar-refractivity contribution in [1.29, 1.82) is 0 Å². The average molecular weight is 291 g/mol. The van der Waals surface area contributed by atoms with Gasteiger partial charge in [-0.2, -0.15) is 13.2 Å². The predicted octanol–water partition coefficient (Wildman–Crippen LogP) is 3.48. The highest BCUT2D eigenvalue weighted by molar-refractivity contribution is 5.45. The molecule has 0 aliphatic rings. The van der Waals surface area contributed by atoms with Crippen LogP contribution in [0.25, 0.3) is 0 Å². The van der Waals surface area contributed by atoms with Crippen molar-refractivity contribution in [3.63, 3.8) is 0 Å². The van der Waals surface area contributed by atoms with Crippen LogP contribution in [0.4, 0.5) is 13.2 Å². The lowest BCUT2D eigenvalue weighted by Gasteiger charge is -2.34. The number of hydrogen-bond donors (Lipinski definition) is 1. The van der Waals surface area contributed by atoms with Crippen molar-refractivity contribution in [3.05, 3.63) is 23.8 Å². The molecule has 0 spiro atoms. The van der Waals surface area contributed by atoms with Gasteiger partial charge in [-0.25, -0.2) is 0 Å². The van der Waals surface area contributed by atoms with Crippen LogP contribution in [0.2, 0.25) is 0 Å². The van der Waals surface area contributed by atoms with Gasteiger partial charge in [0.2, 0.25) is 0 Å². The second-order valence-electron chi connectivity index (χ2n) is 4.62. The number of nitrogens with one attached hydrogen (secondary N) is 1. The molecular formula is C14H20F3NO2. The quantitative estimate of drug-likeness (QED) is 0.870. The molecule has 114 valence electrons. The van der Waals surface area contributed by atoms with E-state index in [1.165, 1.54) is 32.4 Å². The van der Waals surface area contributed by atoms with Crippen molar-refractivity contribution in [2.45, 2.75) is 32.0 Å². The normalized spacial score (nSPS) is 14.8. The van der Waals surface area contributed by atoms with Crippen molar-refractivity contribution < 1.29 is 22.6 Å². The Hall–Kier alpha value is -1.43. The van der Waals surface area contributed by atoms with E-state index in [2.05, 4.69) is 5.32 Å². The summed E-state index contributed by atoms with van der Waals surface area (Å²) in [7, 11) is 2.79. The van der Waals surface area contributed by atoms with Gasteiger partial charge in [0.1, 0.15) is 17.0 Å². The monoisotopic (exact) mass is 291 g/mol. The second-order valence-corrected chi connectivity index (χ2v) is 4.62. The summed E-state index contributed by atoms with van der Waals surface area (Å²) >= 11 is 0. The second kappa shape index (κ2) is 6.35. The molecule has 1 unspecified atom stereocenters. The number of hydrogen-bond acceptors (Lipinski definition) is 3. The average Bonchev–Trinajstić information content (AvgIpc) is 2.42. The molecule has 0 bridgehead atoms. The van der Waals surface area contributed by atoms with Crippen molar-refractivity contribution in [2.24, 2.45) is 0 Å². The van der Waals surface area contributed by atoms with E-state index in [9.17, 15) is 13.2 Å². The highest BCUT2D eigenvalue weighted by atomic mass is 19.4. The number of alkyl halides is 3. The molecule has 0 aliphatic carbocycles. The lowest BCUT2D eigenvalue weighted by atomic mass is 9.90. The van der Waals surface area contributed by atoms with E-state index in [-0.39, 0.29) is 17.9 Å². The van der Waals surface area contributed by atoms with Crippen LogP contribution in [0.15, 0.2) is 18.2 Å². The summed E-state index contributed by atoms with van der Waals surface area (Å²) in [6.07, 6.45) is -3.84. The molecule has 1 aromatic carbocycles. The maximum absolute atomic E-state index is 13.5. The van der Waals surface area contributed by atoms with Gasteiger partial charge in [0, 0.05) is 11.6 Å². The van der Waals surface area contributed by atoms with Crippen LogP contribution in [0.5, 0.6) is 11.5 Å². The number of rotatable bonds is 6. The van der Waals surface area contributed by atoms with E-state index in [0.29, 0.717) is 12.2 Å². The smallest absolute Gasteiger partial charge is 0.410 e. The molecule has 0 saturated heterocycles. The summed E-state index contributed by atoms with van der Waals surface area (Å²) in [5.74, 6) is 0.596. The topological polar surface area (TPSA) is 30.5 Å². The lowest BCUT2D eigenvalue weighted by molar-refractivity contribution is -0.195. The van der Waals surface area contributed by atoms with Gasteiger partial charge in [0.25, 0.3) is 0 Å². The van der Waals surface area contributed by atoms with Crippen LogP contribution in [0, 0.1) is 0 Å². The molecule has 0 saturated carbocycles. The van der Waals surface area contributed by atoms with E-state index in [0.717, 1.165) is 6.92 Å². The summed E-state index contributed by atoms with van der Waals surface area (Å²) in [5.41, 5.74) is -2.12. The zero-order valence-corrected chi connectivity index (χ0v) is 12.1. The van der Waals surface area contributed by atoms with Gasteiger partial charge in [-0.1, -0.05) is 6.92 Å². The van der Waals surface area contributed by atoms with Gasteiger partial charge in [-0.15, -0.1) is 0 Å². The highest BCUT2D eigenvalue weighted by Gasteiger charge is 2.53. The first-order valence-corrected chi connectivity index (χ1v) is 6.34. The third kappa shape index (κ3) is 3.17. The minimum Gasteiger partial charge on any atom is -0.497 e. The summed E-state index contributed by atoms with van der Waals surface area (Å²) < 4.78 is 50.5. The molecular weight excluding hydrogens is 271 g/mol. The largest absolute Gasteiger partial charge is 0.497 e. The molecule has 0 aliphatic heterocycles. The Labute approximate surface area is 117 Å². The fourth-order valence-corrected chi connectivity index (χ4v) is 1.93. The van der Waals surface area contributed by atoms with Crippen molar-refractivity contribution in [1.82, 2.24) is 5.32 Å². The summed E-state index contributed by atoms with van der Waals surface area (Å²) in [4.78, 5) is 0. The molecule has 0 aromatic heterocycles. The van der Waals surface area contributed by atoms with Crippen LogP contribution in [0.3, 0.4) is 0 Å². The Morgan fingerprint density at radius 3 is 2.25 bits per heavy atom. The molecule has 0 heterocycles. The molecule has 6 heteroatoms. The standard InChI is InChI=1S/C14H20F3NO2/c1-5-8-18-13(2,14(15,16)17)11-7-6-10(19-3)9-12(11)20-4/h6-7,9,18H,5,8H2,1-4H3. The maximum atomic E-state index is 13.5. The molecule has 1 rings (SSSR count). The van der Waals surface area contributed by atoms with E-state index in [1.807, 2.05) is 6.92 Å². The van der Waals surface area contributed by atoms with Crippen molar-refractivity contribution in [3.8, 4) is 11.5 Å². The molecule has 0 fully saturated rings. The van der Waals surface area contributed by atoms with Gasteiger partial charge in [0.15, 0.2) is 0 Å². The highest BCUT2D eigenvalue weighted by Crippen LogP contribution is 2.43. The van der Waals surface area contributed by atoms with Gasteiger partial charge >= 0.3 is 6.18 Å². The van der Waals surface area contributed by atoms with Crippen LogP contribution in [0.1, 0.15) is 25.8 Å². The zero-order chi connectivity index (χ0) is 15.4. The van der Waals surface area contributed by atoms with Crippen molar-refractivity contribution in [2.75, 3.05) is 20.8 Å². The molecule has 3 nitrogen and oxygen atoms in total. The molecule has 1 N–H and O–H groups in total. The van der Waals surface area contributed by atoms with Gasteiger partial charge in [0.05, 0.1) is 14.2 Å². The van der Waals surface area contributed by atoms with Crippen LogP contribution < -0.4 is 14.8 Å². The first-order valence-electron chi connectivity index (χ1n) is 6.34. The number of benzene rings is 1. The van der Waals surface area contributed by atoms with E-state index >= 15 is 0 Å². The molecule has 1 aromatic rings. The van der Waals surface area contributed by atoms with Gasteiger partial charge in [-0.3, -0.25) is 0 Å². The summed E-state index contributed by atoms with van der Waals surface area (Å²) in [5, 5.41) is 2.57. The number of halogens is 3. The maximum Gasteiger partial charge on any atom is 0.410 e. The zero-order valence-electron chi connectivity index (χ0n) is 12.1. The number of methoxy groups -OCH3 is 2. The van der Waals surface area contributed by atoms with Gasteiger partial charge < -0.3 is 14.8 Å². The Kier molecular flexibility index (Phi) is 5.28. The Morgan fingerprint density at radius 1 is 1.15 bits per heavy atom. The van der Waals surface area contributed by atoms with Gasteiger partial charge in [-0.05, 0) is 32.0 Å².